The summed E-state index contributed by atoms with van der Waals surface area (Å²) in [5, 5.41) is 15.4. The van der Waals surface area contributed by atoms with Crippen molar-refractivity contribution in [1.29, 1.82) is 0 Å². The first-order chi connectivity index (χ1) is 13.7. The van der Waals surface area contributed by atoms with Crippen LogP contribution in [0.4, 0.5) is 17.1 Å². The monoisotopic (exact) mass is 371 g/mol. The van der Waals surface area contributed by atoms with Gasteiger partial charge in [0.05, 0.1) is 11.3 Å². The highest BCUT2D eigenvalue weighted by molar-refractivity contribution is 6.37. The predicted molar refractivity (Wildman–Crippen MR) is 114 cm³/mol. The standard InChI is InChI=1S/C23H21N3O2/c24-17-8-11-20-19(14-17)21(23(28)26-20)22(16-4-2-1-3-5-16)25-18-9-6-15(7-10-18)12-13-27/h1-11,14,25,27H,12-13,24H2,(H,26,28)/b22-21-. The molecule has 5 nitrogen and oxygen atoms in total. The van der Waals surface area contributed by atoms with Crippen LogP contribution < -0.4 is 16.4 Å². The number of aliphatic hydroxyl groups is 1. The first-order valence-electron chi connectivity index (χ1n) is 9.13. The lowest BCUT2D eigenvalue weighted by Gasteiger charge is -2.15. The van der Waals surface area contributed by atoms with Crippen LogP contribution in [0.25, 0.3) is 11.3 Å². The van der Waals surface area contributed by atoms with Crippen molar-refractivity contribution < 1.29 is 9.90 Å². The fourth-order valence-corrected chi connectivity index (χ4v) is 3.35. The summed E-state index contributed by atoms with van der Waals surface area (Å²) in [6.07, 6.45) is 0.613. The number of rotatable bonds is 5. The van der Waals surface area contributed by atoms with Crippen LogP contribution in [0.15, 0.2) is 72.8 Å². The molecule has 0 unspecified atom stereocenters. The fraction of sp³-hybridized carbons (Fsp3) is 0.0870. The number of nitrogen functional groups attached to an aromatic ring is 1. The highest BCUT2D eigenvalue weighted by Gasteiger charge is 2.28. The molecule has 1 heterocycles. The van der Waals surface area contributed by atoms with Gasteiger partial charge in [0.15, 0.2) is 0 Å². The van der Waals surface area contributed by atoms with Crippen LogP contribution in [0, 0.1) is 0 Å². The van der Waals surface area contributed by atoms with Gasteiger partial charge in [-0.2, -0.15) is 0 Å². The van der Waals surface area contributed by atoms with Gasteiger partial charge < -0.3 is 21.5 Å². The third-order valence-corrected chi connectivity index (χ3v) is 4.72. The summed E-state index contributed by atoms with van der Waals surface area (Å²) in [5.74, 6) is -0.163. The lowest BCUT2D eigenvalue weighted by molar-refractivity contribution is -0.110. The lowest BCUT2D eigenvalue weighted by Crippen LogP contribution is -2.10. The third-order valence-electron chi connectivity index (χ3n) is 4.72. The van der Waals surface area contributed by atoms with Crippen LogP contribution in [0.3, 0.4) is 0 Å². The minimum atomic E-state index is -0.163. The molecule has 1 aliphatic rings. The maximum absolute atomic E-state index is 12.8. The number of amides is 1. The van der Waals surface area contributed by atoms with Gasteiger partial charge in [0.2, 0.25) is 0 Å². The molecule has 5 heteroatoms. The molecule has 28 heavy (non-hydrogen) atoms. The Labute approximate surface area is 163 Å². The molecule has 4 rings (SSSR count). The largest absolute Gasteiger partial charge is 0.399 e. The van der Waals surface area contributed by atoms with E-state index in [1.165, 1.54) is 0 Å². The van der Waals surface area contributed by atoms with Crippen molar-refractivity contribution >= 4 is 34.2 Å². The van der Waals surface area contributed by atoms with Crippen molar-refractivity contribution in [2.24, 2.45) is 0 Å². The van der Waals surface area contributed by atoms with Crippen molar-refractivity contribution in [3.8, 4) is 0 Å². The van der Waals surface area contributed by atoms with Gasteiger partial charge in [0.25, 0.3) is 5.91 Å². The minimum absolute atomic E-state index is 0.116. The third kappa shape index (κ3) is 3.48. The topological polar surface area (TPSA) is 87.4 Å². The van der Waals surface area contributed by atoms with Crippen molar-refractivity contribution in [2.45, 2.75) is 6.42 Å². The van der Waals surface area contributed by atoms with Crippen molar-refractivity contribution in [1.82, 2.24) is 0 Å². The highest BCUT2D eigenvalue weighted by Crippen LogP contribution is 2.38. The molecular formula is C23H21N3O2. The lowest BCUT2D eigenvalue weighted by atomic mass is 9.99. The SMILES string of the molecule is Nc1ccc2c(c1)/C(=C(/Nc1ccc(CCO)cc1)c1ccccc1)C(=O)N2. The Bertz CT molecular complexity index is 1040. The van der Waals surface area contributed by atoms with Gasteiger partial charge >= 0.3 is 0 Å². The smallest absolute Gasteiger partial charge is 0.258 e. The van der Waals surface area contributed by atoms with Crippen LogP contribution >= 0.6 is 0 Å². The van der Waals surface area contributed by atoms with E-state index < -0.39 is 0 Å². The van der Waals surface area contributed by atoms with E-state index in [0.29, 0.717) is 17.7 Å². The first kappa shape index (κ1) is 17.8. The molecule has 3 aromatic rings. The summed E-state index contributed by atoms with van der Waals surface area (Å²) in [7, 11) is 0. The summed E-state index contributed by atoms with van der Waals surface area (Å²) >= 11 is 0. The van der Waals surface area contributed by atoms with Crippen LogP contribution in [0.2, 0.25) is 0 Å². The van der Waals surface area contributed by atoms with E-state index in [4.69, 9.17) is 10.8 Å². The molecule has 5 N–H and O–H groups in total. The average Bonchev–Trinajstić information content (AvgIpc) is 3.03. The first-order valence-corrected chi connectivity index (χ1v) is 9.13. The quantitative estimate of drug-likeness (QED) is 0.406. The van der Waals surface area contributed by atoms with Gasteiger partial charge in [-0.15, -0.1) is 0 Å². The van der Waals surface area contributed by atoms with Crippen molar-refractivity contribution in [2.75, 3.05) is 23.0 Å². The molecule has 1 amide bonds. The maximum atomic E-state index is 12.8. The number of benzene rings is 3. The van der Waals surface area contributed by atoms with Crippen LogP contribution in [-0.2, 0) is 11.2 Å². The van der Waals surface area contributed by atoms with E-state index in [1.807, 2.05) is 66.7 Å². The van der Waals surface area contributed by atoms with E-state index in [0.717, 1.165) is 33.8 Å². The Balaban J connectivity index is 1.82. The molecule has 0 saturated carbocycles. The van der Waals surface area contributed by atoms with Gasteiger partial charge in [-0.1, -0.05) is 42.5 Å². The Morgan fingerprint density at radius 3 is 2.46 bits per heavy atom. The molecule has 0 spiro atoms. The summed E-state index contributed by atoms with van der Waals surface area (Å²) in [4.78, 5) is 12.8. The number of hydrogen-bond donors (Lipinski definition) is 4. The zero-order valence-corrected chi connectivity index (χ0v) is 15.3. The number of carbonyl (C=O) groups excluding carboxylic acids is 1. The molecule has 1 aliphatic heterocycles. The molecule has 0 radical (unpaired) electrons. The number of fused-ring (bicyclic) bond motifs is 1. The number of nitrogens with two attached hydrogens (primary N) is 1. The number of carbonyl (C=O) groups is 1. The second-order valence-electron chi connectivity index (χ2n) is 6.67. The second-order valence-corrected chi connectivity index (χ2v) is 6.67. The zero-order chi connectivity index (χ0) is 19.5. The second kappa shape index (κ2) is 7.58. The van der Waals surface area contributed by atoms with Gasteiger partial charge in [-0.25, -0.2) is 0 Å². The number of nitrogens with one attached hydrogen (secondary N) is 2. The Hall–Kier alpha value is -3.57. The summed E-state index contributed by atoms with van der Waals surface area (Å²) in [6.45, 7) is 0.116. The van der Waals surface area contributed by atoms with Gasteiger partial charge in [0.1, 0.15) is 0 Å². The summed E-state index contributed by atoms with van der Waals surface area (Å²) in [5.41, 5.74) is 12.2. The number of aliphatic hydroxyl groups excluding tert-OH is 1. The number of anilines is 3. The summed E-state index contributed by atoms with van der Waals surface area (Å²) in [6, 6.07) is 23.0. The normalized spacial score (nSPS) is 14.4. The van der Waals surface area contributed by atoms with E-state index in [2.05, 4.69) is 10.6 Å². The van der Waals surface area contributed by atoms with E-state index >= 15 is 0 Å². The zero-order valence-electron chi connectivity index (χ0n) is 15.3. The van der Waals surface area contributed by atoms with Gasteiger partial charge in [0, 0.05) is 29.2 Å². The van der Waals surface area contributed by atoms with Crippen molar-refractivity contribution in [3.63, 3.8) is 0 Å². The number of hydrogen-bond acceptors (Lipinski definition) is 4. The molecule has 0 saturated heterocycles. The fourth-order valence-electron chi connectivity index (χ4n) is 3.35. The molecule has 140 valence electrons. The van der Waals surface area contributed by atoms with Gasteiger partial charge in [-0.05, 0) is 47.9 Å². The molecule has 0 bridgehead atoms. The Kier molecular flexibility index (Phi) is 4.83. The molecule has 0 atom stereocenters. The maximum Gasteiger partial charge on any atom is 0.258 e. The molecule has 3 aromatic carbocycles. The highest BCUT2D eigenvalue weighted by atomic mass is 16.3. The molecular weight excluding hydrogens is 350 g/mol. The molecule has 0 aliphatic carbocycles. The average molecular weight is 371 g/mol. The minimum Gasteiger partial charge on any atom is -0.399 e. The molecule has 0 fully saturated rings. The van der Waals surface area contributed by atoms with E-state index in [1.54, 1.807) is 6.07 Å². The Morgan fingerprint density at radius 1 is 1.00 bits per heavy atom. The molecule has 0 aromatic heterocycles. The van der Waals surface area contributed by atoms with E-state index in [9.17, 15) is 4.79 Å². The van der Waals surface area contributed by atoms with E-state index in [-0.39, 0.29) is 12.5 Å². The van der Waals surface area contributed by atoms with Crippen molar-refractivity contribution in [3.05, 3.63) is 89.5 Å². The van der Waals surface area contributed by atoms with Crippen LogP contribution in [0.1, 0.15) is 16.7 Å². The van der Waals surface area contributed by atoms with Crippen LogP contribution in [-0.4, -0.2) is 17.6 Å². The summed E-state index contributed by atoms with van der Waals surface area (Å²) < 4.78 is 0. The predicted octanol–water partition coefficient (Wildman–Crippen LogP) is 3.74. The van der Waals surface area contributed by atoms with Gasteiger partial charge in [-0.3, -0.25) is 4.79 Å². The van der Waals surface area contributed by atoms with Crippen LogP contribution in [0.5, 0.6) is 0 Å². The Morgan fingerprint density at radius 2 is 1.75 bits per heavy atom.